The first-order chi connectivity index (χ1) is 9.00. The van der Waals surface area contributed by atoms with Gasteiger partial charge in [-0.1, -0.05) is 12.1 Å². The summed E-state index contributed by atoms with van der Waals surface area (Å²) in [6.45, 7) is 3.80. The van der Waals surface area contributed by atoms with E-state index >= 15 is 0 Å². The number of sulfone groups is 1. The number of nitrogens with one attached hydrogen (secondary N) is 1. The summed E-state index contributed by atoms with van der Waals surface area (Å²) in [7, 11) is -0.979. The van der Waals surface area contributed by atoms with Crippen LogP contribution in [-0.4, -0.2) is 48.0 Å². The molecule has 2 rings (SSSR count). The van der Waals surface area contributed by atoms with Crippen LogP contribution in [0.15, 0.2) is 6.20 Å². The fourth-order valence-corrected chi connectivity index (χ4v) is 4.61. The Morgan fingerprint density at radius 3 is 2.89 bits per heavy atom. The molecule has 0 bridgehead atoms. The second-order valence-corrected chi connectivity index (χ2v) is 7.55. The van der Waals surface area contributed by atoms with Crippen LogP contribution in [0, 0.1) is 11.8 Å². The van der Waals surface area contributed by atoms with E-state index in [2.05, 4.69) is 22.6 Å². The van der Waals surface area contributed by atoms with E-state index in [4.69, 9.17) is 0 Å². The molecule has 1 aromatic rings. The molecule has 0 aromatic carbocycles. The van der Waals surface area contributed by atoms with Crippen molar-refractivity contribution in [1.82, 2.24) is 20.3 Å². The van der Waals surface area contributed by atoms with Crippen molar-refractivity contribution < 1.29 is 8.42 Å². The Balaban J connectivity index is 2.03. The Morgan fingerprint density at radius 2 is 2.37 bits per heavy atom. The first-order valence-electron chi connectivity index (χ1n) is 6.76. The zero-order valence-electron chi connectivity index (χ0n) is 11.5. The van der Waals surface area contributed by atoms with E-state index < -0.39 is 9.84 Å². The molecule has 2 unspecified atom stereocenters. The lowest BCUT2D eigenvalue weighted by atomic mass is 9.88. The Kier molecular flexibility index (Phi) is 4.57. The van der Waals surface area contributed by atoms with E-state index in [0.29, 0.717) is 17.4 Å². The van der Waals surface area contributed by atoms with Gasteiger partial charge in [-0.3, -0.25) is 4.68 Å². The van der Waals surface area contributed by atoms with E-state index in [0.717, 1.165) is 31.6 Å². The van der Waals surface area contributed by atoms with Gasteiger partial charge in [0.15, 0.2) is 9.84 Å². The molecular formula is C12H22N4O2S. The minimum absolute atomic E-state index is 0.242. The maximum atomic E-state index is 11.6. The Labute approximate surface area is 114 Å². The van der Waals surface area contributed by atoms with E-state index in [1.165, 1.54) is 0 Å². The Hall–Kier alpha value is -0.950. The van der Waals surface area contributed by atoms with Crippen molar-refractivity contribution >= 4 is 9.84 Å². The largest absolute Gasteiger partial charge is 0.317 e. The number of hydrogen-bond acceptors (Lipinski definition) is 5. The highest BCUT2D eigenvalue weighted by Gasteiger charge is 2.33. The molecule has 2 heterocycles. The molecule has 0 aliphatic carbocycles. The molecule has 1 aliphatic rings. The topological polar surface area (TPSA) is 76.9 Å². The zero-order valence-corrected chi connectivity index (χ0v) is 12.4. The number of aryl methyl sites for hydroxylation is 1. The van der Waals surface area contributed by atoms with Gasteiger partial charge in [-0.05, 0) is 37.8 Å². The first kappa shape index (κ1) is 14.5. The van der Waals surface area contributed by atoms with Crippen LogP contribution in [0.25, 0.3) is 0 Å². The van der Waals surface area contributed by atoms with Crippen LogP contribution in [0.5, 0.6) is 0 Å². The van der Waals surface area contributed by atoms with Crippen LogP contribution in [0.2, 0.25) is 0 Å². The molecule has 19 heavy (non-hydrogen) atoms. The van der Waals surface area contributed by atoms with Gasteiger partial charge >= 0.3 is 0 Å². The molecule has 0 amide bonds. The number of nitrogens with zero attached hydrogens (tertiary/aromatic N) is 3. The predicted molar refractivity (Wildman–Crippen MR) is 73.5 cm³/mol. The van der Waals surface area contributed by atoms with Gasteiger partial charge in [0.25, 0.3) is 0 Å². The third-order valence-electron chi connectivity index (χ3n) is 3.71. The maximum Gasteiger partial charge on any atom is 0.150 e. The average Bonchev–Trinajstić information content (AvgIpc) is 2.90. The van der Waals surface area contributed by atoms with Gasteiger partial charge in [0.05, 0.1) is 17.2 Å². The highest BCUT2D eigenvalue weighted by Crippen LogP contribution is 2.27. The lowest BCUT2D eigenvalue weighted by Gasteiger charge is -2.21. The minimum Gasteiger partial charge on any atom is -0.317 e. The molecule has 2 atom stereocenters. The van der Waals surface area contributed by atoms with Gasteiger partial charge in [0.1, 0.15) is 0 Å². The van der Waals surface area contributed by atoms with Gasteiger partial charge < -0.3 is 5.32 Å². The molecule has 1 saturated heterocycles. The van der Waals surface area contributed by atoms with Gasteiger partial charge in [-0.25, -0.2) is 8.42 Å². The number of rotatable bonds is 6. The lowest BCUT2D eigenvalue weighted by Crippen LogP contribution is -2.30. The SMILES string of the molecule is CCNCC(Cc1cn(C)nn1)C1CCS(=O)(=O)C1. The highest BCUT2D eigenvalue weighted by molar-refractivity contribution is 7.91. The Morgan fingerprint density at radius 1 is 1.58 bits per heavy atom. The molecule has 1 fully saturated rings. The molecular weight excluding hydrogens is 264 g/mol. The molecule has 0 spiro atoms. The van der Waals surface area contributed by atoms with Crippen molar-refractivity contribution in [3.8, 4) is 0 Å². The average molecular weight is 286 g/mol. The normalized spacial score (nSPS) is 23.6. The first-order valence-corrected chi connectivity index (χ1v) is 8.58. The molecule has 7 heteroatoms. The van der Waals surface area contributed by atoms with Gasteiger partial charge in [0.2, 0.25) is 0 Å². The smallest absolute Gasteiger partial charge is 0.150 e. The standard InChI is InChI=1S/C12H22N4O2S/c1-3-13-7-11(6-12-8-16(2)15-14-12)10-4-5-19(17,18)9-10/h8,10-11,13H,3-7,9H2,1-2H3. The molecule has 1 N–H and O–H groups in total. The summed E-state index contributed by atoms with van der Waals surface area (Å²) in [5, 5.41) is 11.4. The van der Waals surface area contributed by atoms with Crippen molar-refractivity contribution in [2.45, 2.75) is 19.8 Å². The molecule has 0 saturated carbocycles. The predicted octanol–water partition coefficient (Wildman–Crippen LogP) is 0.0180. The van der Waals surface area contributed by atoms with Crippen molar-refractivity contribution in [3.05, 3.63) is 11.9 Å². The number of aromatic nitrogens is 3. The second-order valence-electron chi connectivity index (χ2n) is 5.32. The zero-order chi connectivity index (χ0) is 13.9. The van der Waals surface area contributed by atoms with Gasteiger partial charge in [-0.2, -0.15) is 0 Å². The van der Waals surface area contributed by atoms with Crippen molar-refractivity contribution in [1.29, 1.82) is 0 Å². The molecule has 0 radical (unpaired) electrons. The van der Waals surface area contributed by atoms with E-state index in [1.54, 1.807) is 4.68 Å². The minimum atomic E-state index is -2.82. The van der Waals surface area contributed by atoms with Crippen molar-refractivity contribution in [3.63, 3.8) is 0 Å². The summed E-state index contributed by atoms with van der Waals surface area (Å²) < 4.78 is 24.9. The van der Waals surface area contributed by atoms with Crippen LogP contribution in [-0.2, 0) is 23.3 Å². The molecule has 1 aromatic heterocycles. The van der Waals surface area contributed by atoms with Gasteiger partial charge in [-0.15, -0.1) is 5.10 Å². The highest BCUT2D eigenvalue weighted by atomic mass is 32.2. The summed E-state index contributed by atoms with van der Waals surface area (Å²) >= 11 is 0. The third kappa shape index (κ3) is 4.01. The third-order valence-corrected chi connectivity index (χ3v) is 5.51. The van der Waals surface area contributed by atoms with Gasteiger partial charge in [0, 0.05) is 13.2 Å². The summed E-state index contributed by atoms with van der Waals surface area (Å²) in [5.74, 6) is 1.21. The fraction of sp³-hybridized carbons (Fsp3) is 0.833. The fourth-order valence-electron chi connectivity index (χ4n) is 2.69. The lowest BCUT2D eigenvalue weighted by molar-refractivity contribution is 0.343. The monoisotopic (exact) mass is 286 g/mol. The van der Waals surface area contributed by atoms with Crippen LogP contribution in [0.3, 0.4) is 0 Å². The van der Waals surface area contributed by atoms with Crippen molar-refractivity contribution in [2.24, 2.45) is 18.9 Å². The summed E-state index contributed by atoms with van der Waals surface area (Å²) in [6, 6.07) is 0. The molecule has 108 valence electrons. The van der Waals surface area contributed by atoms with Crippen LogP contribution in [0.1, 0.15) is 19.0 Å². The molecule has 1 aliphatic heterocycles. The van der Waals surface area contributed by atoms with E-state index in [1.807, 2.05) is 13.2 Å². The van der Waals surface area contributed by atoms with Crippen LogP contribution >= 0.6 is 0 Å². The maximum absolute atomic E-state index is 11.6. The second kappa shape index (κ2) is 6.00. The summed E-state index contributed by atoms with van der Waals surface area (Å²) in [5.41, 5.74) is 0.940. The van der Waals surface area contributed by atoms with Crippen molar-refractivity contribution in [2.75, 3.05) is 24.6 Å². The van der Waals surface area contributed by atoms with Crippen LogP contribution in [0.4, 0.5) is 0 Å². The summed E-state index contributed by atoms with van der Waals surface area (Å²) in [6.07, 6.45) is 3.47. The van der Waals surface area contributed by atoms with E-state index in [9.17, 15) is 8.42 Å². The Bertz CT molecular complexity index is 512. The summed E-state index contributed by atoms with van der Waals surface area (Å²) in [4.78, 5) is 0. The number of hydrogen-bond donors (Lipinski definition) is 1. The quantitative estimate of drug-likeness (QED) is 0.797. The van der Waals surface area contributed by atoms with E-state index in [-0.39, 0.29) is 5.92 Å². The van der Waals surface area contributed by atoms with Crippen LogP contribution < -0.4 is 5.32 Å². The molecule has 6 nitrogen and oxygen atoms in total.